The van der Waals surface area contributed by atoms with Crippen molar-refractivity contribution in [2.75, 3.05) is 7.05 Å². The van der Waals surface area contributed by atoms with Crippen molar-refractivity contribution in [3.05, 3.63) is 65.7 Å². The summed E-state index contributed by atoms with van der Waals surface area (Å²) in [4.78, 5) is 25.3. The highest BCUT2D eigenvalue weighted by Crippen LogP contribution is 2.38. The summed E-state index contributed by atoms with van der Waals surface area (Å²) in [6, 6.07) is 14.3. The van der Waals surface area contributed by atoms with Gasteiger partial charge < -0.3 is 10.4 Å². The Labute approximate surface area is 183 Å². The molecule has 0 unspecified atom stereocenters. The van der Waals surface area contributed by atoms with E-state index in [0.717, 1.165) is 15.4 Å². The molecule has 0 saturated heterocycles. The van der Waals surface area contributed by atoms with E-state index in [1.807, 2.05) is 13.0 Å². The van der Waals surface area contributed by atoms with Crippen molar-refractivity contribution < 1.29 is 23.1 Å². The van der Waals surface area contributed by atoms with Crippen molar-refractivity contribution >= 4 is 21.9 Å². The van der Waals surface area contributed by atoms with Crippen molar-refractivity contribution in [1.29, 1.82) is 0 Å². The minimum absolute atomic E-state index is 0.110. The summed E-state index contributed by atoms with van der Waals surface area (Å²) in [6.07, 6.45) is 2.19. The van der Waals surface area contributed by atoms with Gasteiger partial charge >= 0.3 is 5.97 Å². The number of carbonyl (C=O) groups is 2. The van der Waals surface area contributed by atoms with Crippen LogP contribution in [0.25, 0.3) is 0 Å². The predicted octanol–water partition coefficient (Wildman–Crippen LogP) is 2.74. The summed E-state index contributed by atoms with van der Waals surface area (Å²) >= 11 is 0. The molecule has 1 saturated carbocycles. The number of likely N-dealkylation sites (N-methyl/N-ethyl adjacent to an activating group) is 1. The number of aryl methyl sites for hydroxylation is 1. The quantitative estimate of drug-likeness (QED) is 0.652. The van der Waals surface area contributed by atoms with E-state index in [2.05, 4.69) is 5.32 Å². The molecule has 0 aliphatic heterocycles. The van der Waals surface area contributed by atoms with Crippen molar-refractivity contribution in [3.63, 3.8) is 0 Å². The van der Waals surface area contributed by atoms with Gasteiger partial charge in [0.25, 0.3) is 0 Å². The van der Waals surface area contributed by atoms with Crippen molar-refractivity contribution in [2.24, 2.45) is 0 Å². The summed E-state index contributed by atoms with van der Waals surface area (Å²) in [7, 11) is -2.52. The average molecular weight is 445 g/mol. The molecule has 2 N–H and O–H groups in total. The van der Waals surface area contributed by atoms with Crippen LogP contribution in [0.1, 0.15) is 36.8 Å². The zero-order chi connectivity index (χ0) is 22.6. The van der Waals surface area contributed by atoms with Gasteiger partial charge in [-0.3, -0.25) is 4.79 Å². The smallest absolute Gasteiger partial charge is 0.326 e. The Morgan fingerprint density at radius 1 is 1.06 bits per heavy atom. The molecule has 166 valence electrons. The second-order valence-electron chi connectivity index (χ2n) is 8.08. The Kier molecular flexibility index (Phi) is 6.81. The third-order valence-corrected chi connectivity index (χ3v) is 7.96. The number of sulfonamides is 1. The molecule has 7 nitrogen and oxygen atoms in total. The molecule has 0 spiro atoms. The molecule has 1 atom stereocenters. The van der Waals surface area contributed by atoms with Crippen LogP contribution >= 0.6 is 0 Å². The Balaban J connectivity index is 1.87. The highest BCUT2D eigenvalue weighted by atomic mass is 32.2. The van der Waals surface area contributed by atoms with Crippen LogP contribution in [0.5, 0.6) is 0 Å². The number of rotatable bonds is 8. The first-order chi connectivity index (χ1) is 14.7. The molecular formula is C23H28N2O5S. The number of carboxylic acid groups (broad SMARTS) is 1. The maximum absolute atomic E-state index is 13.4. The van der Waals surface area contributed by atoms with Crippen LogP contribution in [0.4, 0.5) is 0 Å². The third-order valence-electron chi connectivity index (χ3n) is 6.02. The third kappa shape index (κ3) is 4.80. The van der Waals surface area contributed by atoms with Crippen LogP contribution in [0, 0.1) is 6.92 Å². The lowest BCUT2D eigenvalue weighted by Crippen LogP contribution is -2.60. The van der Waals surface area contributed by atoms with E-state index in [0.29, 0.717) is 25.7 Å². The molecule has 1 aliphatic rings. The number of hydrogen-bond donors (Lipinski definition) is 2. The van der Waals surface area contributed by atoms with E-state index >= 15 is 0 Å². The summed E-state index contributed by atoms with van der Waals surface area (Å²) in [5.74, 6) is -1.72. The molecule has 8 heteroatoms. The van der Waals surface area contributed by atoms with Crippen LogP contribution in [-0.2, 0) is 26.0 Å². The minimum atomic E-state index is -3.93. The minimum Gasteiger partial charge on any atom is -0.480 e. The lowest BCUT2D eigenvalue weighted by molar-refractivity contribution is -0.143. The standard InChI is InChI=1S/C23H28N2O5S/c1-17-10-12-19(13-11-17)31(29,30)25(2)23(14-6-7-15-23)22(28)24-20(21(26)27)16-18-8-4-3-5-9-18/h3-5,8-13,20H,6-7,14-16H2,1-2H3,(H,24,28)(H,26,27)/t20-/m0/s1. The average Bonchev–Trinajstić information content (AvgIpc) is 3.25. The SMILES string of the molecule is Cc1ccc(S(=O)(=O)N(C)C2(C(=O)N[C@@H](Cc3ccccc3)C(=O)O)CCCC2)cc1. The van der Waals surface area contributed by atoms with Gasteiger partial charge in [-0.05, 0) is 37.5 Å². The summed E-state index contributed by atoms with van der Waals surface area (Å²) in [5.41, 5.74) is 0.394. The largest absolute Gasteiger partial charge is 0.480 e. The van der Waals surface area contributed by atoms with Crippen LogP contribution in [0.15, 0.2) is 59.5 Å². The molecule has 2 aromatic rings. The van der Waals surface area contributed by atoms with Crippen molar-refractivity contribution in [3.8, 4) is 0 Å². The number of carboxylic acids is 1. The number of nitrogens with one attached hydrogen (secondary N) is 1. The van der Waals surface area contributed by atoms with Gasteiger partial charge in [-0.1, -0.05) is 60.9 Å². The normalized spacial score (nSPS) is 16.7. The van der Waals surface area contributed by atoms with E-state index in [9.17, 15) is 23.1 Å². The number of nitrogens with zero attached hydrogens (tertiary/aromatic N) is 1. The number of amides is 1. The van der Waals surface area contributed by atoms with Gasteiger partial charge in [0.1, 0.15) is 11.6 Å². The van der Waals surface area contributed by atoms with E-state index < -0.39 is 33.5 Å². The molecule has 2 aromatic carbocycles. The lowest BCUT2D eigenvalue weighted by Gasteiger charge is -2.37. The molecule has 0 radical (unpaired) electrons. The molecule has 3 rings (SSSR count). The fourth-order valence-electron chi connectivity index (χ4n) is 4.09. The molecule has 0 aromatic heterocycles. The van der Waals surface area contributed by atoms with Gasteiger partial charge in [0, 0.05) is 13.5 Å². The zero-order valence-electron chi connectivity index (χ0n) is 17.7. The zero-order valence-corrected chi connectivity index (χ0v) is 18.6. The maximum atomic E-state index is 13.4. The van der Waals surface area contributed by atoms with Gasteiger partial charge in [0.2, 0.25) is 15.9 Å². The second-order valence-corrected chi connectivity index (χ2v) is 10.0. The van der Waals surface area contributed by atoms with Gasteiger partial charge in [-0.15, -0.1) is 0 Å². The monoisotopic (exact) mass is 444 g/mol. The molecule has 0 bridgehead atoms. The first kappa shape index (κ1) is 23.0. The second kappa shape index (κ2) is 9.20. The number of benzene rings is 2. The number of hydrogen-bond acceptors (Lipinski definition) is 4. The highest BCUT2D eigenvalue weighted by Gasteiger charge is 2.50. The van der Waals surface area contributed by atoms with Gasteiger partial charge in [-0.2, -0.15) is 4.31 Å². The summed E-state index contributed by atoms with van der Waals surface area (Å²) in [5, 5.41) is 12.3. The van der Waals surface area contributed by atoms with Crippen molar-refractivity contribution in [1.82, 2.24) is 9.62 Å². The Bertz CT molecular complexity index is 1030. The first-order valence-electron chi connectivity index (χ1n) is 10.3. The van der Waals surface area contributed by atoms with E-state index in [1.54, 1.807) is 36.4 Å². The molecule has 0 heterocycles. The van der Waals surface area contributed by atoms with Crippen LogP contribution in [0.2, 0.25) is 0 Å². The number of carbonyl (C=O) groups excluding carboxylic acids is 1. The molecule has 1 aliphatic carbocycles. The maximum Gasteiger partial charge on any atom is 0.326 e. The summed E-state index contributed by atoms with van der Waals surface area (Å²) < 4.78 is 27.7. The molecular weight excluding hydrogens is 416 g/mol. The highest BCUT2D eigenvalue weighted by molar-refractivity contribution is 7.89. The molecule has 1 amide bonds. The Morgan fingerprint density at radius 2 is 1.65 bits per heavy atom. The van der Waals surface area contributed by atoms with Gasteiger partial charge in [0.15, 0.2) is 0 Å². The van der Waals surface area contributed by atoms with Gasteiger partial charge in [0.05, 0.1) is 4.90 Å². The lowest BCUT2D eigenvalue weighted by atomic mass is 9.95. The summed E-state index contributed by atoms with van der Waals surface area (Å²) in [6.45, 7) is 1.87. The van der Waals surface area contributed by atoms with Crippen LogP contribution in [-0.4, -0.2) is 48.3 Å². The van der Waals surface area contributed by atoms with E-state index in [4.69, 9.17) is 0 Å². The van der Waals surface area contributed by atoms with Crippen LogP contribution in [0.3, 0.4) is 0 Å². The fourth-order valence-corrected chi connectivity index (χ4v) is 5.61. The van der Waals surface area contributed by atoms with E-state index in [-0.39, 0.29) is 11.3 Å². The fraction of sp³-hybridized carbons (Fsp3) is 0.391. The topological polar surface area (TPSA) is 104 Å². The predicted molar refractivity (Wildman–Crippen MR) is 117 cm³/mol. The number of aliphatic carboxylic acids is 1. The van der Waals surface area contributed by atoms with Gasteiger partial charge in [-0.25, -0.2) is 13.2 Å². The van der Waals surface area contributed by atoms with E-state index in [1.165, 1.54) is 19.2 Å². The van der Waals surface area contributed by atoms with Crippen molar-refractivity contribution in [2.45, 2.75) is 55.5 Å². The first-order valence-corrected chi connectivity index (χ1v) is 11.7. The van der Waals surface area contributed by atoms with Crippen LogP contribution < -0.4 is 5.32 Å². The Morgan fingerprint density at radius 3 is 2.19 bits per heavy atom. The molecule has 1 fully saturated rings. The molecule has 31 heavy (non-hydrogen) atoms. The Hall–Kier alpha value is -2.71.